The molecule has 0 aromatic heterocycles. The minimum Gasteiger partial charge on any atom is -0.457 e. The first-order valence-corrected chi connectivity index (χ1v) is 8.12. The first-order valence-electron chi connectivity index (χ1n) is 8.12. The van der Waals surface area contributed by atoms with Crippen LogP contribution in [0.15, 0.2) is 42.5 Å². The van der Waals surface area contributed by atoms with Crippen LogP contribution in [0.1, 0.15) is 39.7 Å². The van der Waals surface area contributed by atoms with Gasteiger partial charge in [-0.15, -0.1) is 0 Å². The van der Waals surface area contributed by atoms with Crippen LogP contribution in [0, 0.1) is 10.1 Å². The number of nitrogens with zero attached hydrogens (tertiary/aromatic N) is 1. The molecule has 0 aliphatic rings. The van der Waals surface area contributed by atoms with Gasteiger partial charge in [-0.25, -0.2) is 0 Å². The first kappa shape index (κ1) is 17.8. The van der Waals surface area contributed by atoms with Crippen molar-refractivity contribution in [2.45, 2.75) is 46.1 Å². The molecule has 0 atom stereocenters. The Hall–Kier alpha value is -2.56. The fourth-order valence-corrected chi connectivity index (χ4v) is 2.39. The highest BCUT2D eigenvalue weighted by Gasteiger charge is 2.19. The van der Waals surface area contributed by atoms with Crippen molar-refractivity contribution in [1.29, 1.82) is 0 Å². The summed E-state index contributed by atoms with van der Waals surface area (Å²) < 4.78 is 5.84. The number of hydrogen-bond acceptors (Lipinski definition) is 4. The van der Waals surface area contributed by atoms with Gasteiger partial charge >= 0.3 is 0 Å². The molecule has 0 fully saturated rings. The molecular weight excluding hydrogens is 304 g/mol. The van der Waals surface area contributed by atoms with E-state index in [9.17, 15) is 10.1 Å². The monoisotopic (exact) mass is 328 g/mol. The van der Waals surface area contributed by atoms with Crippen LogP contribution in [0.25, 0.3) is 0 Å². The second-order valence-corrected chi connectivity index (χ2v) is 6.81. The Labute approximate surface area is 142 Å². The van der Waals surface area contributed by atoms with E-state index in [4.69, 9.17) is 4.74 Å². The molecular formula is C19H24N2O3. The second kappa shape index (κ2) is 7.34. The predicted octanol–water partition coefficient (Wildman–Crippen LogP) is 5.55. The fourth-order valence-electron chi connectivity index (χ4n) is 2.39. The van der Waals surface area contributed by atoms with Gasteiger partial charge < -0.3 is 10.1 Å². The van der Waals surface area contributed by atoms with E-state index in [1.54, 1.807) is 12.1 Å². The highest BCUT2D eigenvalue weighted by atomic mass is 16.6. The lowest BCUT2D eigenvalue weighted by atomic mass is 10.1. The SMILES string of the molecule is CCCc1ccc(Oc2ccc([N+](=O)[O-])c(NC(C)(C)C)c2)cc1. The van der Waals surface area contributed by atoms with Crippen LogP contribution in [0.3, 0.4) is 0 Å². The molecule has 0 aliphatic carbocycles. The number of benzene rings is 2. The van der Waals surface area contributed by atoms with E-state index in [0.717, 1.165) is 12.8 Å². The number of rotatable bonds is 6. The van der Waals surface area contributed by atoms with Crippen LogP contribution in [-0.4, -0.2) is 10.5 Å². The summed E-state index contributed by atoms with van der Waals surface area (Å²) in [6.07, 6.45) is 2.14. The third-order valence-electron chi connectivity index (χ3n) is 3.37. The minimum atomic E-state index is -0.391. The number of aryl methyl sites for hydroxylation is 1. The number of hydrogen-bond donors (Lipinski definition) is 1. The Morgan fingerprint density at radius 3 is 2.25 bits per heavy atom. The van der Waals surface area contributed by atoms with Gasteiger partial charge in [0.25, 0.3) is 5.69 Å². The van der Waals surface area contributed by atoms with Crippen molar-refractivity contribution in [3.8, 4) is 11.5 Å². The summed E-state index contributed by atoms with van der Waals surface area (Å²) in [6, 6.07) is 12.7. The Balaban J connectivity index is 2.24. The molecule has 5 heteroatoms. The van der Waals surface area contributed by atoms with Crippen molar-refractivity contribution in [3.05, 3.63) is 58.1 Å². The number of ether oxygens (including phenoxy) is 1. The lowest BCUT2D eigenvalue weighted by Crippen LogP contribution is -2.26. The summed E-state index contributed by atoms with van der Waals surface area (Å²) in [7, 11) is 0. The van der Waals surface area contributed by atoms with Gasteiger partial charge in [-0.3, -0.25) is 10.1 Å². The topological polar surface area (TPSA) is 64.4 Å². The standard InChI is InChI=1S/C19H24N2O3/c1-5-6-14-7-9-15(10-8-14)24-16-11-12-18(21(22)23)17(13-16)20-19(2,3)4/h7-13,20H,5-6H2,1-4H3. The maximum Gasteiger partial charge on any atom is 0.292 e. The average Bonchev–Trinajstić information content (AvgIpc) is 2.48. The average molecular weight is 328 g/mol. The fraction of sp³-hybridized carbons (Fsp3) is 0.368. The molecule has 0 saturated carbocycles. The molecule has 5 nitrogen and oxygen atoms in total. The van der Waals surface area contributed by atoms with Gasteiger partial charge in [0.1, 0.15) is 17.2 Å². The van der Waals surface area contributed by atoms with Crippen LogP contribution in [-0.2, 0) is 6.42 Å². The van der Waals surface area contributed by atoms with Crippen LogP contribution in [0.4, 0.5) is 11.4 Å². The third-order valence-corrected chi connectivity index (χ3v) is 3.37. The first-order chi connectivity index (χ1) is 11.3. The maximum atomic E-state index is 11.2. The molecule has 2 aromatic rings. The van der Waals surface area contributed by atoms with Crippen LogP contribution in [0.5, 0.6) is 11.5 Å². The van der Waals surface area contributed by atoms with Gasteiger partial charge in [-0.05, 0) is 51.0 Å². The molecule has 0 heterocycles. The van der Waals surface area contributed by atoms with Crippen LogP contribution >= 0.6 is 0 Å². The van der Waals surface area contributed by atoms with E-state index in [2.05, 4.69) is 12.2 Å². The van der Waals surface area contributed by atoms with Crippen LogP contribution in [0.2, 0.25) is 0 Å². The summed E-state index contributed by atoms with van der Waals surface area (Å²) in [5, 5.41) is 14.4. The maximum absolute atomic E-state index is 11.2. The zero-order chi connectivity index (χ0) is 17.7. The van der Waals surface area contributed by atoms with E-state index in [-0.39, 0.29) is 11.2 Å². The minimum absolute atomic E-state index is 0.0376. The van der Waals surface area contributed by atoms with Gasteiger partial charge in [0.2, 0.25) is 0 Å². The quantitative estimate of drug-likeness (QED) is 0.557. The lowest BCUT2D eigenvalue weighted by molar-refractivity contribution is -0.384. The second-order valence-electron chi connectivity index (χ2n) is 6.81. The van der Waals surface area contributed by atoms with E-state index >= 15 is 0 Å². The number of anilines is 1. The Bertz CT molecular complexity index is 704. The van der Waals surface area contributed by atoms with Crippen molar-refractivity contribution < 1.29 is 9.66 Å². The van der Waals surface area contributed by atoms with Gasteiger partial charge in [0.15, 0.2) is 0 Å². The summed E-state index contributed by atoms with van der Waals surface area (Å²) in [4.78, 5) is 10.8. The van der Waals surface area contributed by atoms with Gasteiger partial charge in [-0.1, -0.05) is 25.5 Å². The molecule has 2 aromatic carbocycles. The third kappa shape index (κ3) is 4.98. The molecule has 0 amide bonds. The van der Waals surface area contributed by atoms with Crippen LogP contribution < -0.4 is 10.1 Å². The Kier molecular flexibility index (Phi) is 5.44. The number of nitro groups is 1. The largest absolute Gasteiger partial charge is 0.457 e. The smallest absolute Gasteiger partial charge is 0.292 e. The molecule has 0 saturated heterocycles. The molecule has 128 valence electrons. The van der Waals surface area contributed by atoms with E-state index < -0.39 is 4.92 Å². The molecule has 24 heavy (non-hydrogen) atoms. The van der Waals surface area contributed by atoms with Crippen molar-refractivity contribution >= 4 is 11.4 Å². The Morgan fingerprint density at radius 1 is 1.08 bits per heavy atom. The Morgan fingerprint density at radius 2 is 1.71 bits per heavy atom. The highest BCUT2D eigenvalue weighted by Crippen LogP contribution is 2.33. The molecule has 2 rings (SSSR count). The van der Waals surface area contributed by atoms with E-state index in [1.165, 1.54) is 11.6 Å². The van der Waals surface area contributed by atoms with Gasteiger partial charge in [0, 0.05) is 17.7 Å². The zero-order valence-electron chi connectivity index (χ0n) is 14.6. The summed E-state index contributed by atoms with van der Waals surface area (Å²) in [5.41, 5.74) is 1.47. The molecule has 0 aliphatic heterocycles. The van der Waals surface area contributed by atoms with Crippen molar-refractivity contribution in [2.24, 2.45) is 0 Å². The van der Waals surface area contributed by atoms with Crippen molar-refractivity contribution in [3.63, 3.8) is 0 Å². The predicted molar refractivity (Wildman–Crippen MR) is 97.0 cm³/mol. The van der Waals surface area contributed by atoms with Gasteiger partial charge in [-0.2, -0.15) is 0 Å². The number of nitrogens with one attached hydrogen (secondary N) is 1. The highest BCUT2D eigenvalue weighted by molar-refractivity contribution is 5.65. The molecule has 0 bridgehead atoms. The van der Waals surface area contributed by atoms with Gasteiger partial charge in [0.05, 0.1) is 4.92 Å². The summed E-state index contributed by atoms with van der Waals surface area (Å²) in [6.45, 7) is 8.01. The summed E-state index contributed by atoms with van der Waals surface area (Å²) >= 11 is 0. The zero-order valence-corrected chi connectivity index (χ0v) is 14.6. The summed E-state index contributed by atoms with van der Waals surface area (Å²) in [5.74, 6) is 1.28. The normalized spacial score (nSPS) is 11.2. The lowest BCUT2D eigenvalue weighted by Gasteiger charge is -2.22. The van der Waals surface area contributed by atoms with E-state index in [1.807, 2.05) is 45.0 Å². The van der Waals surface area contributed by atoms with Crippen molar-refractivity contribution in [1.82, 2.24) is 0 Å². The molecule has 0 spiro atoms. The molecule has 0 unspecified atom stereocenters. The number of nitro benzene ring substituents is 1. The molecule has 0 radical (unpaired) electrons. The van der Waals surface area contributed by atoms with Crippen molar-refractivity contribution in [2.75, 3.05) is 5.32 Å². The molecule has 1 N–H and O–H groups in total. The van der Waals surface area contributed by atoms with E-state index in [0.29, 0.717) is 17.2 Å².